The highest BCUT2D eigenvalue weighted by Gasteiger charge is 2.35. The van der Waals surface area contributed by atoms with Crippen LogP contribution >= 0.6 is 0 Å². The minimum Gasteiger partial charge on any atom is -0.481 e. The second-order valence-electron chi connectivity index (χ2n) is 4.19. The fourth-order valence-electron chi connectivity index (χ4n) is 1.98. The van der Waals surface area contributed by atoms with E-state index in [2.05, 4.69) is 0 Å². The normalized spacial score (nSPS) is 15.9. The summed E-state index contributed by atoms with van der Waals surface area (Å²) in [7, 11) is 0. The average molecular weight is 236 g/mol. The van der Waals surface area contributed by atoms with Crippen LogP contribution in [0.5, 0.6) is 0 Å². The molecule has 0 radical (unpaired) electrons. The molecule has 1 rings (SSSR count). The van der Waals surface area contributed by atoms with Crippen molar-refractivity contribution in [3.8, 4) is 0 Å². The lowest BCUT2D eigenvalue weighted by molar-refractivity contribution is -0.153. The van der Waals surface area contributed by atoms with Gasteiger partial charge in [-0.2, -0.15) is 0 Å². The van der Waals surface area contributed by atoms with Gasteiger partial charge >= 0.3 is 11.9 Å². The second kappa shape index (κ2) is 5.48. The Bertz CT molecular complexity index is 399. The summed E-state index contributed by atoms with van der Waals surface area (Å²) in [5.74, 6) is -4.33. The molecule has 92 valence electrons. The molecule has 0 saturated carbocycles. The summed E-state index contributed by atoms with van der Waals surface area (Å²) in [6.45, 7) is 3.17. The first-order chi connectivity index (χ1) is 7.95. The van der Waals surface area contributed by atoms with Crippen LogP contribution in [0.1, 0.15) is 25.3 Å². The van der Waals surface area contributed by atoms with E-state index in [0.717, 1.165) is 5.56 Å². The molecule has 1 aromatic carbocycles. The van der Waals surface area contributed by atoms with E-state index in [0.29, 0.717) is 0 Å². The largest absolute Gasteiger partial charge is 0.481 e. The first-order valence-electron chi connectivity index (χ1n) is 5.45. The van der Waals surface area contributed by atoms with Crippen molar-refractivity contribution < 1.29 is 19.8 Å². The van der Waals surface area contributed by atoms with Gasteiger partial charge in [0, 0.05) is 0 Å². The van der Waals surface area contributed by atoms with Crippen LogP contribution in [0.3, 0.4) is 0 Å². The van der Waals surface area contributed by atoms with Gasteiger partial charge in [0.05, 0.1) is 11.8 Å². The zero-order chi connectivity index (χ0) is 13.0. The molecule has 0 aliphatic heterocycles. The summed E-state index contributed by atoms with van der Waals surface area (Å²) < 4.78 is 0. The van der Waals surface area contributed by atoms with E-state index in [-0.39, 0.29) is 5.92 Å². The Morgan fingerprint density at radius 1 is 1.00 bits per heavy atom. The summed E-state index contributed by atoms with van der Waals surface area (Å²) in [6.07, 6.45) is 0. The van der Waals surface area contributed by atoms with Gasteiger partial charge in [0.1, 0.15) is 0 Å². The highest BCUT2D eigenvalue weighted by atomic mass is 16.4. The van der Waals surface area contributed by atoms with Crippen LogP contribution in [0, 0.1) is 11.8 Å². The number of carboxylic acid groups (broad SMARTS) is 2. The zero-order valence-corrected chi connectivity index (χ0v) is 9.83. The fraction of sp³-hybridized carbons (Fsp3) is 0.385. The van der Waals surface area contributed by atoms with Crippen LogP contribution in [0.25, 0.3) is 0 Å². The molecule has 0 spiro atoms. The lowest BCUT2D eigenvalue weighted by Gasteiger charge is -2.23. The van der Waals surface area contributed by atoms with Crippen LogP contribution in [-0.2, 0) is 9.59 Å². The van der Waals surface area contributed by atoms with Crippen molar-refractivity contribution in [2.45, 2.75) is 19.8 Å². The summed E-state index contributed by atoms with van der Waals surface area (Å²) in [5, 5.41) is 18.1. The molecule has 4 heteroatoms. The monoisotopic (exact) mass is 236 g/mol. The first kappa shape index (κ1) is 13.2. The molecule has 17 heavy (non-hydrogen) atoms. The minimum atomic E-state index is -1.08. The number of rotatable bonds is 5. The van der Waals surface area contributed by atoms with E-state index in [1.165, 1.54) is 6.92 Å². The quantitative estimate of drug-likeness (QED) is 0.822. The maximum Gasteiger partial charge on any atom is 0.307 e. The van der Waals surface area contributed by atoms with Gasteiger partial charge in [-0.05, 0) is 11.5 Å². The third kappa shape index (κ3) is 3.06. The number of hydrogen-bond acceptors (Lipinski definition) is 2. The van der Waals surface area contributed by atoms with Crippen molar-refractivity contribution in [2.24, 2.45) is 11.8 Å². The van der Waals surface area contributed by atoms with Crippen molar-refractivity contribution in [2.75, 3.05) is 0 Å². The van der Waals surface area contributed by atoms with Crippen molar-refractivity contribution in [3.05, 3.63) is 35.9 Å². The van der Waals surface area contributed by atoms with Gasteiger partial charge in [-0.3, -0.25) is 9.59 Å². The first-order valence-corrected chi connectivity index (χ1v) is 5.45. The highest BCUT2D eigenvalue weighted by molar-refractivity contribution is 5.80. The van der Waals surface area contributed by atoms with Crippen molar-refractivity contribution in [1.29, 1.82) is 0 Å². The summed E-state index contributed by atoms with van der Waals surface area (Å²) >= 11 is 0. The van der Waals surface area contributed by atoms with Gasteiger partial charge in [-0.1, -0.05) is 44.2 Å². The molecule has 1 aromatic rings. The van der Waals surface area contributed by atoms with Crippen LogP contribution in [0.2, 0.25) is 0 Å². The van der Waals surface area contributed by atoms with E-state index in [1.807, 2.05) is 30.3 Å². The van der Waals surface area contributed by atoms with E-state index >= 15 is 0 Å². The average Bonchev–Trinajstić information content (AvgIpc) is 2.29. The van der Waals surface area contributed by atoms with Crippen LogP contribution < -0.4 is 0 Å². The highest BCUT2D eigenvalue weighted by Crippen LogP contribution is 2.30. The summed E-state index contributed by atoms with van der Waals surface area (Å²) in [6, 6.07) is 9.10. The maximum atomic E-state index is 11.2. The predicted octanol–water partition coefficient (Wildman–Crippen LogP) is 2.21. The number of hydrogen-bond donors (Lipinski definition) is 2. The molecule has 0 amide bonds. The molecular formula is C13H16O4. The molecule has 0 fully saturated rings. The summed E-state index contributed by atoms with van der Waals surface area (Å²) in [4.78, 5) is 22.1. The van der Waals surface area contributed by atoms with Gasteiger partial charge in [0.15, 0.2) is 0 Å². The number of carboxylic acids is 2. The SMILES string of the molecule is CC(C(=O)O)C(C(=O)O)C(C)c1ccccc1. The Morgan fingerprint density at radius 2 is 1.53 bits per heavy atom. The molecule has 4 nitrogen and oxygen atoms in total. The molecule has 0 bridgehead atoms. The Balaban J connectivity index is 3.00. The summed E-state index contributed by atoms with van der Waals surface area (Å²) in [5.41, 5.74) is 0.841. The van der Waals surface area contributed by atoms with Crippen LogP contribution in [-0.4, -0.2) is 22.2 Å². The van der Waals surface area contributed by atoms with Gasteiger partial charge in [0.2, 0.25) is 0 Å². The van der Waals surface area contributed by atoms with Gasteiger partial charge < -0.3 is 10.2 Å². The van der Waals surface area contributed by atoms with E-state index in [4.69, 9.17) is 10.2 Å². The Kier molecular flexibility index (Phi) is 4.26. The van der Waals surface area contributed by atoms with Crippen LogP contribution in [0.4, 0.5) is 0 Å². The van der Waals surface area contributed by atoms with E-state index in [9.17, 15) is 9.59 Å². The topological polar surface area (TPSA) is 74.6 Å². The predicted molar refractivity (Wildman–Crippen MR) is 62.8 cm³/mol. The minimum absolute atomic E-state index is 0.334. The van der Waals surface area contributed by atoms with E-state index in [1.54, 1.807) is 6.92 Å². The molecule has 3 unspecified atom stereocenters. The third-order valence-electron chi connectivity index (χ3n) is 3.08. The number of benzene rings is 1. The molecule has 3 atom stereocenters. The zero-order valence-electron chi connectivity index (χ0n) is 9.83. The maximum absolute atomic E-state index is 11.2. The molecule has 0 aromatic heterocycles. The lowest BCUT2D eigenvalue weighted by Crippen LogP contribution is -2.31. The molecule has 0 saturated heterocycles. The fourth-order valence-corrected chi connectivity index (χ4v) is 1.98. The Labute approximate surface area is 99.9 Å². The number of carbonyl (C=O) groups is 2. The van der Waals surface area contributed by atoms with Gasteiger partial charge in [-0.25, -0.2) is 0 Å². The third-order valence-corrected chi connectivity index (χ3v) is 3.08. The standard InChI is InChI=1S/C13H16O4/c1-8(10-6-4-3-5-7-10)11(13(16)17)9(2)12(14)15/h3-9,11H,1-2H3,(H,14,15)(H,16,17). The van der Waals surface area contributed by atoms with Crippen molar-refractivity contribution in [3.63, 3.8) is 0 Å². The molecular weight excluding hydrogens is 220 g/mol. The molecule has 0 aliphatic carbocycles. The molecule has 0 aliphatic rings. The lowest BCUT2D eigenvalue weighted by atomic mass is 9.80. The van der Waals surface area contributed by atoms with Gasteiger partial charge in [0.25, 0.3) is 0 Å². The van der Waals surface area contributed by atoms with E-state index < -0.39 is 23.8 Å². The van der Waals surface area contributed by atoms with Gasteiger partial charge in [-0.15, -0.1) is 0 Å². The molecule has 2 N–H and O–H groups in total. The molecule has 0 heterocycles. The Hall–Kier alpha value is -1.84. The van der Waals surface area contributed by atoms with Crippen molar-refractivity contribution >= 4 is 11.9 Å². The second-order valence-corrected chi connectivity index (χ2v) is 4.19. The Morgan fingerprint density at radius 3 is 1.94 bits per heavy atom. The van der Waals surface area contributed by atoms with Crippen LogP contribution in [0.15, 0.2) is 30.3 Å². The van der Waals surface area contributed by atoms with Crippen molar-refractivity contribution in [1.82, 2.24) is 0 Å². The smallest absolute Gasteiger partial charge is 0.307 e. The number of aliphatic carboxylic acids is 2.